The highest BCUT2D eigenvalue weighted by atomic mass is 16.5. The van der Waals surface area contributed by atoms with E-state index in [9.17, 15) is 4.79 Å². The molecule has 1 fully saturated rings. The number of ether oxygens (including phenoxy) is 1. The predicted octanol–water partition coefficient (Wildman–Crippen LogP) is 4.00. The summed E-state index contributed by atoms with van der Waals surface area (Å²) in [4.78, 5) is 23.0. The summed E-state index contributed by atoms with van der Waals surface area (Å²) in [5.74, 6) is 0.00739. The van der Waals surface area contributed by atoms with Crippen LogP contribution in [0.5, 0.6) is 0 Å². The van der Waals surface area contributed by atoms with Gasteiger partial charge in [0.2, 0.25) is 0 Å². The summed E-state index contributed by atoms with van der Waals surface area (Å²) >= 11 is 0. The highest BCUT2D eigenvalue weighted by Gasteiger charge is 2.22. The molecule has 2 aliphatic heterocycles. The molecule has 2 aromatic heterocycles. The van der Waals surface area contributed by atoms with Crippen molar-refractivity contribution in [2.75, 3.05) is 32.8 Å². The second kappa shape index (κ2) is 8.46. The summed E-state index contributed by atoms with van der Waals surface area (Å²) in [7, 11) is 0. The number of aromatic nitrogens is 2. The van der Waals surface area contributed by atoms with Gasteiger partial charge in [-0.15, -0.1) is 0 Å². The second-order valence-electron chi connectivity index (χ2n) is 8.77. The minimum atomic E-state index is 0.00739. The maximum Gasteiger partial charge on any atom is 0.253 e. The second-order valence-corrected chi connectivity index (χ2v) is 8.77. The van der Waals surface area contributed by atoms with Gasteiger partial charge in [0.05, 0.1) is 30.0 Å². The molecule has 0 bridgehead atoms. The lowest BCUT2D eigenvalue weighted by Crippen LogP contribution is -2.35. The average Bonchev–Trinajstić information content (AvgIpc) is 3.24. The first-order valence-electron chi connectivity index (χ1n) is 11.5. The molecule has 2 N–H and O–H groups in total. The summed E-state index contributed by atoms with van der Waals surface area (Å²) in [6.07, 6.45) is 6.91. The topological polar surface area (TPSA) is 70.2 Å². The van der Waals surface area contributed by atoms with E-state index in [0.717, 1.165) is 83.5 Å². The van der Waals surface area contributed by atoms with E-state index in [1.54, 1.807) is 0 Å². The third-order valence-electron chi connectivity index (χ3n) is 6.57. The summed E-state index contributed by atoms with van der Waals surface area (Å²) in [6, 6.07) is 14.8. The van der Waals surface area contributed by atoms with Gasteiger partial charge in [-0.2, -0.15) is 0 Å². The fourth-order valence-electron chi connectivity index (χ4n) is 4.87. The fourth-order valence-corrected chi connectivity index (χ4v) is 4.87. The maximum atomic E-state index is 12.4. The Morgan fingerprint density at radius 2 is 1.97 bits per heavy atom. The van der Waals surface area contributed by atoms with E-state index in [4.69, 9.17) is 4.74 Å². The molecule has 6 nitrogen and oxygen atoms in total. The number of rotatable bonds is 4. The standard InChI is InChI=1S/C27H26N4O2/c32-27-25-22-7-5-20-16-29-21(15-23(20)26(22)30-24(25)8-9-28-27)6-4-18-2-1-3-19(14-18)17-31-10-12-33-13-11-31/h1-7,14-16,30H,8-13,17H2,(H,28,32)/b6-4+. The van der Waals surface area contributed by atoms with E-state index in [1.165, 1.54) is 5.56 Å². The molecule has 4 aromatic rings. The third-order valence-corrected chi connectivity index (χ3v) is 6.57. The van der Waals surface area contributed by atoms with Crippen molar-refractivity contribution in [2.24, 2.45) is 0 Å². The van der Waals surface area contributed by atoms with Crippen LogP contribution in [0.3, 0.4) is 0 Å². The van der Waals surface area contributed by atoms with Crippen molar-refractivity contribution in [3.05, 3.63) is 76.7 Å². The zero-order valence-corrected chi connectivity index (χ0v) is 18.4. The summed E-state index contributed by atoms with van der Waals surface area (Å²) in [5.41, 5.74) is 6.18. The molecule has 166 valence electrons. The quantitative estimate of drug-likeness (QED) is 0.505. The molecule has 4 heterocycles. The molecule has 0 aliphatic carbocycles. The van der Waals surface area contributed by atoms with E-state index >= 15 is 0 Å². The predicted molar refractivity (Wildman–Crippen MR) is 131 cm³/mol. The Morgan fingerprint density at radius 1 is 1.06 bits per heavy atom. The van der Waals surface area contributed by atoms with Gasteiger partial charge in [0.25, 0.3) is 5.91 Å². The first-order valence-corrected chi connectivity index (χ1v) is 11.5. The number of morpholine rings is 1. The minimum Gasteiger partial charge on any atom is -0.379 e. The van der Waals surface area contributed by atoms with Crippen LogP contribution in [-0.4, -0.2) is 53.6 Å². The molecule has 2 aliphatic rings. The van der Waals surface area contributed by atoms with Crippen LogP contribution in [0.1, 0.15) is 32.9 Å². The van der Waals surface area contributed by atoms with Crippen LogP contribution < -0.4 is 5.32 Å². The van der Waals surface area contributed by atoms with Gasteiger partial charge >= 0.3 is 0 Å². The molecule has 0 spiro atoms. The Morgan fingerprint density at radius 3 is 2.88 bits per heavy atom. The smallest absolute Gasteiger partial charge is 0.253 e. The van der Waals surface area contributed by atoms with Crippen LogP contribution >= 0.6 is 0 Å². The van der Waals surface area contributed by atoms with Gasteiger partial charge in [-0.25, -0.2) is 0 Å². The molecule has 6 rings (SSSR count). The Hall–Kier alpha value is -3.48. The number of hydrogen-bond acceptors (Lipinski definition) is 4. The molecule has 33 heavy (non-hydrogen) atoms. The lowest BCUT2D eigenvalue weighted by atomic mass is 10.0. The monoisotopic (exact) mass is 438 g/mol. The number of carbonyl (C=O) groups excluding carboxylic acids is 1. The average molecular weight is 439 g/mol. The molecule has 0 radical (unpaired) electrons. The van der Waals surface area contributed by atoms with E-state index in [0.29, 0.717) is 6.54 Å². The number of aromatic amines is 1. The zero-order valence-electron chi connectivity index (χ0n) is 18.4. The zero-order chi connectivity index (χ0) is 22.2. The number of H-pyrrole nitrogens is 1. The highest BCUT2D eigenvalue weighted by molar-refractivity contribution is 6.15. The van der Waals surface area contributed by atoms with Gasteiger partial charge in [0.1, 0.15) is 0 Å². The normalized spacial score (nSPS) is 17.0. The molecule has 1 amide bonds. The van der Waals surface area contributed by atoms with Crippen molar-refractivity contribution in [3.8, 4) is 0 Å². The first-order chi connectivity index (χ1) is 16.2. The number of pyridine rings is 1. The van der Waals surface area contributed by atoms with Crippen molar-refractivity contribution in [1.29, 1.82) is 0 Å². The largest absolute Gasteiger partial charge is 0.379 e. The molecule has 0 atom stereocenters. The maximum absolute atomic E-state index is 12.4. The summed E-state index contributed by atoms with van der Waals surface area (Å²) < 4.78 is 5.45. The molecule has 2 aromatic carbocycles. The molecule has 1 saturated heterocycles. The van der Waals surface area contributed by atoms with Gasteiger partial charge < -0.3 is 15.0 Å². The molecule has 0 saturated carbocycles. The number of nitrogens with one attached hydrogen (secondary N) is 2. The van der Waals surface area contributed by atoms with Gasteiger partial charge in [0.15, 0.2) is 0 Å². The van der Waals surface area contributed by atoms with Crippen LogP contribution in [0.2, 0.25) is 0 Å². The van der Waals surface area contributed by atoms with E-state index < -0.39 is 0 Å². The number of hydrogen-bond donors (Lipinski definition) is 2. The van der Waals surface area contributed by atoms with Gasteiger partial charge in [0, 0.05) is 60.6 Å². The highest BCUT2D eigenvalue weighted by Crippen LogP contribution is 2.31. The molecule has 6 heteroatoms. The summed E-state index contributed by atoms with van der Waals surface area (Å²) in [5, 5.41) is 6.08. The van der Waals surface area contributed by atoms with Gasteiger partial charge in [-0.3, -0.25) is 14.7 Å². The SMILES string of the molecule is O=C1NCCc2[nH]c3c(ccc4cnc(/C=C/c5cccc(CN6CCOCC6)c5)cc43)c21. The van der Waals surface area contributed by atoms with Crippen molar-refractivity contribution in [2.45, 2.75) is 13.0 Å². The van der Waals surface area contributed by atoms with Gasteiger partial charge in [-0.1, -0.05) is 42.5 Å². The van der Waals surface area contributed by atoms with Crippen LogP contribution in [-0.2, 0) is 17.7 Å². The van der Waals surface area contributed by atoms with E-state index in [-0.39, 0.29) is 5.91 Å². The first kappa shape index (κ1) is 20.1. The number of carbonyl (C=O) groups is 1. The minimum absolute atomic E-state index is 0.00739. The van der Waals surface area contributed by atoms with Crippen LogP contribution in [0, 0.1) is 0 Å². The Balaban J connectivity index is 1.30. The molecular weight excluding hydrogens is 412 g/mol. The van der Waals surface area contributed by atoms with E-state index in [1.807, 2.05) is 18.3 Å². The van der Waals surface area contributed by atoms with Crippen LogP contribution in [0.25, 0.3) is 33.8 Å². The van der Waals surface area contributed by atoms with Crippen molar-refractivity contribution in [3.63, 3.8) is 0 Å². The Kier molecular flexibility index (Phi) is 5.17. The van der Waals surface area contributed by atoms with Crippen LogP contribution in [0.15, 0.2) is 48.7 Å². The number of amides is 1. The fraction of sp³-hybridized carbons (Fsp3) is 0.259. The van der Waals surface area contributed by atoms with Crippen molar-refractivity contribution >= 4 is 39.7 Å². The van der Waals surface area contributed by atoms with Crippen molar-refractivity contribution < 1.29 is 9.53 Å². The molecular formula is C27H26N4O2. The van der Waals surface area contributed by atoms with Gasteiger partial charge in [-0.05, 0) is 23.3 Å². The number of benzene rings is 2. The number of fused-ring (bicyclic) bond motifs is 5. The third kappa shape index (κ3) is 3.92. The van der Waals surface area contributed by atoms with E-state index in [2.05, 4.69) is 62.7 Å². The number of nitrogens with zero attached hydrogens (tertiary/aromatic N) is 2. The summed E-state index contributed by atoms with van der Waals surface area (Å²) in [6.45, 7) is 5.22. The lowest BCUT2D eigenvalue weighted by molar-refractivity contribution is 0.0342. The Bertz CT molecular complexity index is 1380. The lowest BCUT2D eigenvalue weighted by Gasteiger charge is -2.26. The Labute approximate surface area is 192 Å². The molecule has 0 unspecified atom stereocenters. The van der Waals surface area contributed by atoms with Crippen molar-refractivity contribution in [1.82, 2.24) is 20.2 Å². The van der Waals surface area contributed by atoms with Crippen LogP contribution in [0.4, 0.5) is 0 Å².